The minimum absolute atomic E-state index is 0.0513. The van der Waals surface area contributed by atoms with Crippen LogP contribution < -0.4 is 16.2 Å². The van der Waals surface area contributed by atoms with Crippen LogP contribution in [0, 0.1) is 0 Å². The van der Waals surface area contributed by atoms with Gasteiger partial charge in [0.15, 0.2) is 0 Å². The Morgan fingerprint density at radius 2 is 2.04 bits per heavy atom. The lowest BCUT2D eigenvalue weighted by Crippen LogP contribution is -2.71. The third-order valence-corrected chi connectivity index (χ3v) is 5.61. The van der Waals surface area contributed by atoms with Gasteiger partial charge in [0.2, 0.25) is 5.91 Å². The molecule has 3 atom stereocenters. The SMILES string of the molecule is NC(C(=O)N[C@@H]1C(=O)N2C(C(=O)[O-])=C(Cl)CS[C@H]12)c1ccccc1. The Balaban J connectivity index is 1.71. The molecule has 0 aliphatic carbocycles. The monoisotopic (exact) mass is 366 g/mol. The number of nitrogens with zero attached hydrogens (tertiary/aromatic N) is 1. The van der Waals surface area contributed by atoms with Crippen LogP contribution >= 0.6 is 23.4 Å². The van der Waals surface area contributed by atoms with E-state index < -0.39 is 35.2 Å². The Labute approximate surface area is 146 Å². The van der Waals surface area contributed by atoms with Crippen molar-refractivity contribution in [1.82, 2.24) is 10.2 Å². The summed E-state index contributed by atoms with van der Waals surface area (Å²) >= 11 is 7.13. The van der Waals surface area contributed by atoms with Gasteiger partial charge >= 0.3 is 0 Å². The number of carboxylic acid groups (broad SMARTS) is 1. The summed E-state index contributed by atoms with van der Waals surface area (Å²) in [7, 11) is 0. The summed E-state index contributed by atoms with van der Waals surface area (Å²) in [5.41, 5.74) is 6.19. The molecule has 1 fully saturated rings. The van der Waals surface area contributed by atoms with E-state index >= 15 is 0 Å². The summed E-state index contributed by atoms with van der Waals surface area (Å²) in [5, 5.41) is 13.3. The van der Waals surface area contributed by atoms with Gasteiger partial charge in [0, 0.05) is 5.75 Å². The zero-order valence-electron chi connectivity index (χ0n) is 12.3. The van der Waals surface area contributed by atoms with Crippen molar-refractivity contribution in [3.63, 3.8) is 0 Å². The van der Waals surface area contributed by atoms with E-state index in [0.29, 0.717) is 5.56 Å². The zero-order chi connectivity index (χ0) is 17.4. The van der Waals surface area contributed by atoms with Crippen LogP contribution in [0.4, 0.5) is 0 Å². The fraction of sp³-hybridized carbons (Fsp3) is 0.267. The van der Waals surface area contributed by atoms with Gasteiger partial charge in [-0.1, -0.05) is 41.9 Å². The van der Waals surface area contributed by atoms with Crippen molar-refractivity contribution >= 4 is 41.1 Å². The van der Waals surface area contributed by atoms with Crippen molar-refractivity contribution in [2.45, 2.75) is 17.5 Å². The molecule has 1 aromatic rings. The van der Waals surface area contributed by atoms with Crippen molar-refractivity contribution in [2.75, 3.05) is 5.75 Å². The highest BCUT2D eigenvalue weighted by molar-refractivity contribution is 8.00. The quantitative estimate of drug-likeness (QED) is 0.680. The Kier molecular flexibility index (Phi) is 4.53. The predicted molar refractivity (Wildman–Crippen MR) is 86.3 cm³/mol. The van der Waals surface area contributed by atoms with Crippen LogP contribution in [-0.4, -0.2) is 39.9 Å². The number of β-lactam (4-membered cyclic amide) rings is 1. The number of fused-ring (bicyclic) bond motifs is 1. The number of hydrogen-bond donors (Lipinski definition) is 2. The number of carbonyl (C=O) groups is 3. The summed E-state index contributed by atoms with van der Waals surface area (Å²) in [5.74, 6) is -2.32. The van der Waals surface area contributed by atoms with E-state index in [1.54, 1.807) is 30.3 Å². The van der Waals surface area contributed by atoms with Crippen molar-refractivity contribution in [1.29, 1.82) is 0 Å². The number of aliphatic carboxylic acids is 1. The number of carboxylic acids is 1. The van der Waals surface area contributed by atoms with Gasteiger partial charge in [0.1, 0.15) is 17.5 Å². The normalized spacial score (nSPS) is 24.1. The molecular formula is C15H13ClN3O4S-. The molecule has 1 unspecified atom stereocenters. The maximum atomic E-state index is 12.3. The largest absolute Gasteiger partial charge is 0.543 e. The van der Waals surface area contributed by atoms with Gasteiger partial charge in [-0.15, -0.1) is 11.8 Å². The highest BCUT2D eigenvalue weighted by atomic mass is 35.5. The highest BCUT2D eigenvalue weighted by Crippen LogP contribution is 2.41. The van der Waals surface area contributed by atoms with Crippen LogP contribution in [0.15, 0.2) is 41.1 Å². The van der Waals surface area contributed by atoms with Crippen LogP contribution in [0.5, 0.6) is 0 Å². The summed E-state index contributed by atoms with van der Waals surface area (Å²) < 4.78 is 0. The Morgan fingerprint density at radius 3 is 2.67 bits per heavy atom. The maximum Gasteiger partial charge on any atom is 0.253 e. The first-order valence-electron chi connectivity index (χ1n) is 7.07. The minimum atomic E-state index is -1.51. The summed E-state index contributed by atoms with van der Waals surface area (Å²) in [4.78, 5) is 36.7. The third-order valence-electron chi connectivity index (χ3n) is 3.85. The van der Waals surface area contributed by atoms with Crippen molar-refractivity contribution in [3.8, 4) is 0 Å². The van der Waals surface area contributed by atoms with Gasteiger partial charge < -0.3 is 21.0 Å². The molecule has 1 saturated heterocycles. The molecule has 9 heteroatoms. The first-order valence-corrected chi connectivity index (χ1v) is 8.50. The molecule has 3 rings (SSSR count). The predicted octanol–water partition coefficient (Wildman–Crippen LogP) is -0.713. The van der Waals surface area contributed by atoms with Gasteiger partial charge in [0.25, 0.3) is 5.91 Å². The fourth-order valence-corrected chi connectivity index (χ4v) is 4.17. The van der Waals surface area contributed by atoms with Gasteiger partial charge in [-0.2, -0.15) is 0 Å². The number of halogens is 1. The second-order valence-electron chi connectivity index (χ2n) is 5.33. The van der Waals surface area contributed by atoms with Crippen molar-refractivity contribution < 1.29 is 19.5 Å². The topological polar surface area (TPSA) is 116 Å². The zero-order valence-corrected chi connectivity index (χ0v) is 13.8. The van der Waals surface area contributed by atoms with E-state index in [0.717, 1.165) is 4.90 Å². The highest BCUT2D eigenvalue weighted by Gasteiger charge is 2.53. The minimum Gasteiger partial charge on any atom is -0.543 e. The molecule has 2 aliphatic heterocycles. The average Bonchev–Trinajstić information content (AvgIpc) is 2.59. The van der Waals surface area contributed by atoms with Crippen LogP contribution in [0.2, 0.25) is 0 Å². The van der Waals surface area contributed by atoms with Gasteiger partial charge in [-0.3, -0.25) is 14.5 Å². The fourth-order valence-electron chi connectivity index (χ4n) is 2.63. The molecule has 24 heavy (non-hydrogen) atoms. The van der Waals surface area contributed by atoms with E-state index in [2.05, 4.69) is 5.32 Å². The molecule has 2 amide bonds. The Morgan fingerprint density at radius 1 is 1.38 bits per heavy atom. The van der Waals surface area contributed by atoms with E-state index in [4.69, 9.17) is 17.3 Å². The molecule has 0 radical (unpaired) electrons. The molecule has 1 aromatic carbocycles. The van der Waals surface area contributed by atoms with E-state index in [1.165, 1.54) is 11.8 Å². The molecule has 3 N–H and O–H groups in total. The second-order valence-corrected chi connectivity index (χ2v) is 6.89. The number of rotatable bonds is 4. The molecule has 2 heterocycles. The number of carbonyl (C=O) groups excluding carboxylic acids is 3. The molecule has 0 spiro atoms. The smallest absolute Gasteiger partial charge is 0.253 e. The average molecular weight is 367 g/mol. The van der Waals surface area contributed by atoms with Crippen LogP contribution in [0.25, 0.3) is 0 Å². The Bertz CT molecular complexity index is 739. The number of benzene rings is 1. The molecule has 126 valence electrons. The third kappa shape index (κ3) is 2.77. The van der Waals surface area contributed by atoms with E-state index in [9.17, 15) is 19.5 Å². The number of thioether (sulfide) groups is 1. The lowest BCUT2D eigenvalue weighted by molar-refractivity contribution is -0.301. The van der Waals surface area contributed by atoms with Crippen molar-refractivity contribution in [3.05, 3.63) is 46.6 Å². The first-order chi connectivity index (χ1) is 11.4. The van der Waals surface area contributed by atoms with Gasteiger partial charge in [-0.05, 0) is 5.56 Å². The maximum absolute atomic E-state index is 12.3. The van der Waals surface area contributed by atoms with E-state index in [1.807, 2.05) is 0 Å². The molecule has 0 saturated carbocycles. The lowest BCUT2D eigenvalue weighted by atomic mass is 10.0. The van der Waals surface area contributed by atoms with Crippen LogP contribution in [-0.2, 0) is 14.4 Å². The Hall–Kier alpha value is -2.03. The molecule has 0 aromatic heterocycles. The van der Waals surface area contributed by atoms with Crippen molar-refractivity contribution in [2.24, 2.45) is 5.73 Å². The number of nitrogens with two attached hydrogens (primary N) is 1. The second kappa shape index (κ2) is 6.46. The molecular weight excluding hydrogens is 354 g/mol. The number of hydrogen-bond acceptors (Lipinski definition) is 6. The molecule has 2 aliphatic rings. The lowest BCUT2D eigenvalue weighted by Gasteiger charge is -2.50. The summed E-state index contributed by atoms with van der Waals surface area (Å²) in [6.45, 7) is 0. The van der Waals surface area contributed by atoms with Gasteiger partial charge in [-0.25, -0.2) is 0 Å². The number of nitrogens with one attached hydrogen (secondary N) is 1. The number of amides is 2. The van der Waals surface area contributed by atoms with E-state index in [-0.39, 0.29) is 16.5 Å². The molecule has 0 bridgehead atoms. The van der Waals surface area contributed by atoms with Crippen LogP contribution in [0.3, 0.4) is 0 Å². The van der Waals surface area contributed by atoms with Crippen LogP contribution in [0.1, 0.15) is 11.6 Å². The van der Waals surface area contributed by atoms with Gasteiger partial charge in [0.05, 0.1) is 16.7 Å². The molecule has 7 nitrogen and oxygen atoms in total. The standard InChI is InChI=1S/C15H14ClN3O4S/c16-8-6-24-14-10(13(21)19(14)11(8)15(22)23)18-12(20)9(17)7-4-2-1-3-5-7/h1-5,9-10,14H,6,17H2,(H,18,20)(H,22,23)/p-1/t9?,10-,14-/m1/s1. The summed E-state index contributed by atoms with van der Waals surface area (Å²) in [6, 6.07) is 7.00. The first kappa shape index (κ1) is 16.8. The summed E-state index contributed by atoms with van der Waals surface area (Å²) in [6.07, 6.45) is 0.